The molecule has 1 aromatic carbocycles. The second kappa shape index (κ2) is 7.44. The lowest BCUT2D eigenvalue weighted by atomic mass is 9.81. The van der Waals surface area contributed by atoms with Gasteiger partial charge in [-0.05, 0) is 46.5 Å². The van der Waals surface area contributed by atoms with E-state index in [2.05, 4.69) is 33.0 Å². The third-order valence-corrected chi connectivity index (χ3v) is 4.94. The predicted octanol–water partition coefficient (Wildman–Crippen LogP) is 5.09. The second-order valence-corrected chi connectivity index (χ2v) is 6.52. The summed E-state index contributed by atoms with van der Waals surface area (Å²) < 4.78 is 0.978. The lowest BCUT2D eigenvalue weighted by Crippen LogP contribution is -2.31. The highest BCUT2D eigenvalue weighted by atomic mass is 79.9. The van der Waals surface area contributed by atoms with Gasteiger partial charge in [0.15, 0.2) is 0 Å². The number of nitrogens with zero attached hydrogens (tertiary/aromatic N) is 1. The average Bonchev–Trinajstić information content (AvgIpc) is 2.50. The molecule has 2 aromatic rings. The van der Waals surface area contributed by atoms with Crippen LogP contribution in [-0.4, -0.2) is 16.7 Å². The van der Waals surface area contributed by atoms with Gasteiger partial charge in [0.25, 0.3) is 0 Å². The monoisotopic (exact) mass is 371 g/mol. The lowest BCUT2D eigenvalue weighted by Gasteiger charge is -2.29. The van der Waals surface area contributed by atoms with E-state index in [0.717, 1.165) is 23.0 Å². The Morgan fingerprint density at radius 2 is 1.65 bits per heavy atom. The van der Waals surface area contributed by atoms with Gasteiger partial charge in [0.2, 0.25) is 0 Å². The number of benzene rings is 1. The Morgan fingerprint density at radius 3 is 2.20 bits per heavy atom. The molecule has 4 heteroatoms. The van der Waals surface area contributed by atoms with E-state index >= 15 is 0 Å². The van der Waals surface area contributed by atoms with E-state index < -0.39 is 0 Å². The van der Waals surface area contributed by atoms with Crippen molar-refractivity contribution < 1.29 is 0 Å². The maximum atomic E-state index is 6.23. The Hall–Kier alpha value is -0.570. The fraction of sp³-hybridized carbons (Fsp3) is 0.312. The standard InChI is InChI=1S/C16H16BrCl2N/c17-14-6-7-15(20-10-14)9-16(11-18,12-19)8-13-4-2-1-3-5-13/h1-7,10H,8-9,11-12H2. The van der Waals surface area contributed by atoms with Crippen LogP contribution in [0.1, 0.15) is 11.3 Å². The molecule has 0 spiro atoms. The van der Waals surface area contributed by atoms with E-state index in [9.17, 15) is 0 Å². The van der Waals surface area contributed by atoms with Gasteiger partial charge in [-0.2, -0.15) is 0 Å². The average molecular weight is 373 g/mol. The third-order valence-electron chi connectivity index (χ3n) is 3.33. The Kier molecular flexibility index (Phi) is 5.88. The van der Waals surface area contributed by atoms with Crippen LogP contribution in [0.3, 0.4) is 0 Å². The zero-order chi connectivity index (χ0) is 14.4. The van der Waals surface area contributed by atoms with Gasteiger partial charge in [-0.25, -0.2) is 0 Å². The Morgan fingerprint density at radius 1 is 0.950 bits per heavy atom. The Balaban J connectivity index is 2.18. The van der Waals surface area contributed by atoms with E-state index in [0.29, 0.717) is 11.8 Å². The minimum atomic E-state index is -0.161. The maximum Gasteiger partial charge on any atom is 0.0413 e. The molecule has 2 rings (SSSR count). The van der Waals surface area contributed by atoms with Crippen molar-refractivity contribution in [2.75, 3.05) is 11.8 Å². The molecule has 0 saturated heterocycles. The fourth-order valence-electron chi connectivity index (χ4n) is 2.21. The van der Waals surface area contributed by atoms with Crippen LogP contribution in [-0.2, 0) is 12.8 Å². The molecule has 1 aromatic heterocycles. The molecule has 0 radical (unpaired) electrons. The van der Waals surface area contributed by atoms with Crippen LogP contribution < -0.4 is 0 Å². The van der Waals surface area contributed by atoms with Crippen molar-refractivity contribution in [3.63, 3.8) is 0 Å². The summed E-state index contributed by atoms with van der Waals surface area (Å²) in [7, 11) is 0. The van der Waals surface area contributed by atoms with Crippen molar-refractivity contribution in [1.82, 2.24) is 4.98 Å². The number of alkyl halides is 2. The number of hydrogen-bond donors (Lipinski definition) is 0. The molecule has 0 unspecified atom stereocenters. The lowest BCUT2D eigenvalue weighted by molar-refractivity contribution is 0.370. The summed E-state index contributed by atoms with van der Waals surface area (Å²) in [4.78, 5) is 4.44. The maximum absolute atomic E-state index is 6.23. The largest absolute Gasteiger partial charge is 0.260 e. The summed E-state index contributed by atoms with van der Waals surface area (Å²) in [6.07, 6.45) is 3.45. The van der Waals surface area contributed by atoms with Crippen molar-refractivity contribution in [2.45, 2.75) is 12.8 Å². The zero-order valence-electron chi connectivity index (χ0n) is 11.0. The zero-order valence-corrected chi connectivity index (χ0v) is 14.1. The highest BCUT2D eigenvalue weighted by molar-refractivity contribution is 9.10. The molecule has 1 heterocycles. The molecule has 106 valence electrons. The van der Waals surface area contributed by atoms with Crippen molar-refractivity contribution in [3.8, 4) is 0 Å². The second-order valence-electron chi connectivity index (χ2n) is 5.07. The van der Waals surface area contributed by atoms with Crippen molar-refractivity contribution >= 4 is 39.1 Å². The predicted molar refractivity (Wildman–Crippen MR) is 89.7 cm³/mol. The number of rotatable bonds is 6. The van der Waals surface area contributed by atoms with Crippen molar-refractivity contribution in [2.24, 2.45) is 5.41 Å². The van der Waals surface area contributed by atoms with E-state index in [1.54, 1.807) is 0 Å². The first-order valence-corrected chi connectivity index (χ1v) is 8.30. The summed E-state index contributed by atoms with van der Waals surface area (Å²) in [5.74, 6) is 1.03. The molecule has 0 atom stereocenters. The normalized spacial score (nSPS) is 11.6. The smallest absolute Gasteiger partial charge is 0.0413 e. The van der Waals surface area contributed by atoms with Gasteiger partial charge in [-0.3, -0.25) is 4.98 Å². The first-order chi connectivity index (χ1) is 9.67. The summed E-state index contributed by atoms with van der Waals surface area (Å²) in [6.45, 7) is 0. The van der Waals surface area contributed by atoms with E-state index in [-0.39, 0.29) is 5.41 Å². The van der Waals surface area contributed by atoms with Gasteiger partial charge in [0.05, 0.1) is 0 Å². The summed E-state index contributed by atoms with van der Waals surface area (Å²) >= 11 is 15.9. The number of halogens is 3. The first-order valence-electron chi connectivity index (χ1n) is 6.44. The summed E-state index contributed by atoms with van der Waals surface area (Å²) in [5, 5.41) is 0. The summed E-state index contributed by atoms with van der Waals surface area (Å²) in [6, 6.07) is 14.3. The molecule has 0 amide bonds. The van der Waals surface area contributed by atoms with E-state index in [4.69, 9.17) is 23.2 Å². The fourth-order valence-corrected chi connectivity index (χ4v) is 3.11. The van der Waals surface area contributed by atoms with Crippen LogP contribution in [0, 0.1) is 5.41 Å². The molecular weight excluding hydrogens is 357 g/mol. The first kappa shape index (κ1) is 15.8. The van der Waals surface area contributed by atoms with Crippen LogP contribution in [0.4, 0.5) is 0 Å². The van der Waals surface area contributed by atoms with Crippen LogP contribution >= 0.6 is 39.1 Å². The Bertz CT molecular complexity index is 524. The highest BCUT2D eigenvalue weighted by Gasteiger charge is 2.29. The van der Waals surface area contributed by atoms with Gasteiger partial charge in [0.1, 0.15) is 0 Å². The van der Waals surface area contributed by atoms with Gasteiger partial charge >= 0.3 is 0 Å². The molecule has 0 fully saturated rings. The Labute approximate surface area is 138 Å². The van der Waals surface area contributed by atoms with E-state index in [1.165, 1.54) is 5.56 Å². The molecule has 0 aliphatic carbocycles. The molecule has 0 saturated carbocycles. The molecule has 0 aliphatic heterocycles. The third kappa shape index (κ3) is 4.21. The molecule has 0 bridgehead atoms. The van der Waals surface area contributed by atoms with Crippen molar-refractivity contribution in [1.29, 1.82) is 0 Å². The quantitative estimate of drug-likeness (QED) is 0.643. The van der Waals surface area contributed by atoms with E-state index in [1.807, 2.05) is 36.5 Å². The minimum Gasteiger partial charge on any atom is -0.260 e. The van der Waals surface area contributed by atoms with Gasteiger partial charge in [0, 0.05) is 33.5 Å². The van der Waals surface area contributed by atoms with Crippen LogP contribution in [0.25, 0.3) is 0 Å². The molecule has 1 nitrogen and oxygen atoms in total. The topological polar surface area (TPSA) is 12.9 Å². The SMILES string of the molecule is ClCC(CCl)(Cc1ccccc1)Cc1ccc(Br)cn1. The minimum absolute atomic E-state index is 0.161. The summed E-state index contributed by atoms with van der Waals surface area (Å²) in [5.41, 5.74) is 2.11. The van der Waals surface area contributed by atoms with Gasteiger partial charge in [-0.15, -0.1) is 23.2 Å². The number of pyridine rings is 1. The molecule has 0 N–H and O–H groups in total. The van der Waals surface area contributed by atoms with Crippen LogP contribution in [0.2, 0.25) is 0 Å². The highest BCUT2D eigenvalue weighted by Crippen LogP contribution is 2.30. The van der Waals surface area contributed by atoms with Crippen LogP contribution in [0.15, 0.2) is 53.1 Å². The van der Waals surface area contributed by atoms with Gasteiger partial charge < -0.3 is 0 Å². The van der Waals surface area contributed by atoms with Crippen LogP contribution in [0.5, 0.6) is 0 Å². The number of aromatic nitrogens is 1. The molecular formula is C16H16BrCl2N. The number of hydrogen-bond acceptors (Lipinski definition) is 1. The van der Waals surface area contributed by atoms with Gasteiger partial charge in [-0.1, -0.05) is 30.3 Å². The molecule has 0 aliphatic rings. The van der Waals surface area contributed by atoms with Crippen molar-refractivity contribution in [3.05, 3.63) is 64.4 Å². The molecule has 20 heavy (non-hydrogen) atoms.